The Labute approximate surface area is 348 Å². The molecule has 1 heteroatoms. The maximum atomic E-state index is 2.49. The minimum Gasteiger partial charge on any atom is -0.309 e. The number of nitrogens with zero attached hydrogens (tertiary/aromatic N) is 1. The molecule has 0 N–H and O–H groups in total. The Hall–Kier alpha value is -6.96. The number of anilines is 3. The van der Waals surface area contributed by atoms with Crippen LogP contribution in [0.5, 0.6) is 0 Å². The standard InChI is InChI=1S/C58H47N/c1-57(2,3)43-34-36-45(37-35-43)59(55-32-16-13-27-50(55)51-29-18-22-41-21-17-28-47(56(41)51)40-19-7-5-8-20-40)54-31-15-12-25-46(54)42-33-38-49-48-26-11-14-30-52(48)58(4,53(49)39-42)44-23-9-6-10-24-44/h5-39H,1-4H3. The summed E-state index contributed by atoms with van der Waals surface area (Å²) < 4.78 is 0. The Balaban J connectivity index is 1.20. The number of para-hydroxylation sites is 2. The number of hydrogen-bond acceptors (Lipinski definition) is 1. The summed E-state index contributed by atoms with van der Waals surface area (Å²) in [5.74, 6) is 0. The molecule has 0 amide bonds. The maximum absolute atomic E-state index is 2.49. The van der Waals surface area contributed by atoms with Gasteiger partial charge in [-0.25, -0.2) is 0 Å². The predicted molar refractivity (Wildman–Crippen MR) is 251 cm³/mol. The molecule has 1 aliphatic rings. The first-order valence-corrected chi connectivity index (χ1v) is 20.8. The van der Waals surface area contributed by atoms with E-state index >= 15 is 0 Å². The van der Waals surface area contributed by atoms with Crippen molar-refractivity contribution in [1.29, 1.82) is 0 Å². The number of fused-ring (bicyclic) bond motifs is 4. The van der Waals surface area contributed by atoms with E-state index in [9.17, 15) is 0 Å². The molecule has 59 heavy (non-hydrogen) atoms. The van der Waals surface area contributed by atoms with Gasteiger partial charge in [0.15, 0.2) is 0 Å². The molecule has 1 nitrogen and oxygen atoms in total. The van der Waals surface area contributed by atoms with Gasteiger partial charge in [-0.1, -0.05) is 203 Å². The molecule has 1 atom stereocenters. The first-order chi connectivity index (χ1) is 28.8. The van der Waals surface area contributed by atoms with Crippen LogP contribution in [0.4, 0.5) is 17.1 Å². The average Bonchev–Trinajstić information content (AvgIpc) is 3.55. The van der Waals surface area contributed by atoms with E-state index in [-0.39, 0.29) is 10.8 Å². The number of benzene rings is 9. The van der Waals surface area contributed by atoms with Gasteiger partial charge in [-0.15, -0.1) is 0 Å². The van der Waals surface area contributed by atoms with Gasteiger partial charge in [0.05, 0.1) is 11.4 Å². The van der Waals surface area contributed by atoms with E-state index in [4.69, 9.17) is 0 Å². The fraction of sp³-hybridized carbons (Fsp3) is 0.103. The van der Waals surface area contributed by atoms with Gasteiger partial charge < -0.3 is 4.90 Å². The molecule has 0 spiro atoms. The van der Waals surface area contributed by atoms with Crippen molar-refractivity contribution < 1.29 is 0 Å². The molecular formula is C58H47N. The van der Waals surface area contributed by atoms with Gasteiger partial charge >= 0.3 is 0 Å². The van der Waals surface area contributed by atoms with Gasteiger partial charge in [-0.3, -0.25) is 0 Å². The fourth-order valence-corrected chi connectivity index (χ4v) is 9.49. The zero-order valence-corrected chi connectivity index (χ0v) is 34.2. The van der Waals surface area contributed by atoms with Crippen LogP contribution in [-0.4, -0.2) is 0 Å². The SMILES string of the molecule is CC(C)(C)c1ccc(N(c2ccccc2-c2ccc3c(c2)C(C)(c2ccccc2)c2ccccc2-3)c2ccccc2-c2cccc3cccc(-c4ccccc4)c23)cc1. The first kappa shape index (κ1) is 36.4. The lowest BCUT2D eigenvalue weighted by Crippen LogP contribution is -2.22. The molecule has 1 unspecified atom stereocenters. The Morgan fingerprint density at radius 2 is 0.932 bits per heavy atom. The van der Waals surface area contributed by atoms with Crippen molar-refractivity contribution in [2.75, 3.05) is 4.90 Å². The van der Waals surface area contributed by atoms with Gasteiger partial charge in [-0.05, 0) is 109 Å². The fourth-order valence-electron chi connectivity index (χ4n) is 9.49. The molecule has 0 fully saturated rings. The second-order valence-electron chi connectivity index (χ2n) is 17.0. The van der Waals surface area contributed by atoms with Crippen molar-refractivity contribution in [3.63, 3.8) is 0 Å². The van der Waals surface area contributed by atoms with Crippen molar-refractivity contribution in [1.82, 2.24) is 0 Å². The molecule has 9 aromatic rings. The molecular weight excluding hydrogens is 711 g/mol. The van der Waals surface area contributed by atoms with Gasteiger partial charge in [0.2, 0.25) is 0 Å². The summed E-state index contributed by atoms with van der Waals surface area (Å²) in [7, 11) is 0. The quantitative estimate of drug-likeness (QED) is 0.156. The van der Waals surface area contributed by atoms with E-state index in [0.29, 0.717) is 0 Å². The average molecular weight is 758 g/mol. The Morgan fingerprint density at radius 3 is 1.63 bits per heavy atom. The van der Waals surface area contributed by atoms with Crippen LogP contribution >= 0.6 is 0 Å². The van der Waals surface area contributed by atoms with E-state index < -0.39 is 0 Å². The van der Waals surface area contributed by atoms with Crippen molar-refractivity contribution >= 4 is 27.8 Å². The van der Waals surface area contributed by atoms with Crippen LogP contribution in [0.1, 0.15) is 49.9 Å². The summed E-state index contributed by atoms with van der Waals surface area (Å²) in [6.07, 6.45) is 0. The molecule has 0 heterocycles. The van der Waals surface area contributed by atoms with Crippen LogP contribution < -0.4 is 4.90 Å². The van der Waals surface area contributed by atoms with Crippen LogP contribution in [0.3, 0.4) is 0 Å². The monoisotopic (exact) mass is 757 g/mol. The summed E-state index contributed by atoms with van der Waals surface area (Å²) >= 11 is 0. The lowest BCUT2D eigenvalue weighted by molar-refractivity contribution is 0.590. The van der Waals surface area contributed by atoms with Crippen LogP contribution in [0.15, 0.2) is 212 Å². The van der Waals surface area contributed by atoms with E-state index in [1.54, 1.807) is 0 Å². The Kier molecular flexibility index (Phi) is 8.91. The minimum atomic E-state index is -0.294. The van der Waals surface area contributed by atoms with Gasteiger partial charge in [0, 0.05) is 22.2 Å². The largest absolute Gasteiger partial charge is 0.309 e. The van der Waals surface area contributed by atoms with Crippen LogP contribution in [0.2, 0.25) is 0 Å². The van der Waals surface area contributed by atoms with Gasteiger partial charge in [0.1, 0.15) is 0 Å². The van der Waals surface area contributed by atoms with E-state index in [1.807, 2.05) is 0 Å². The zero-order chi connectivity index (χ0) is 40.1. The Bertz CT molecular complexity index is 2970. The third kappa shape index (κ3) is 6.17. The van der Waals surface area contributed by atoms with Gasteiger partial charge in [-0.2, -0.15) is 0 Å². The molecule has 0 saturated carbocycles. The first-order valence-electron chi connectivity index (χ1n) is 20.8. The number of rotatable bonds is 7. The summed E-state index contributed by atoms with van der Waals surface area (Å²) in [5, 5.41) is 2.48. The lowest BCUT2D eigenvalue weighted by atomic mass is 9.74. The van der Waals surface area contributed by atoms with E-state index in [1.165, 1.54) is 77.5 Å². The highest BCUT2D eigenvalue weighted by Crippen LogP contribution is 2.54. The predicted octanol–water partition coefficient (Wildman–Crippen LogP) is 15.9. The molecule has 0 radical (unpaired) electrons. The second kappa shape index (κ2) is 14.5. The number of hydrogen-bond donors (Lipinski definition) is 0. The third-order valence-electron chi connectivity index (χ3n) is 12.5. The highest BCUT2D eigenvalue weighted by atomic mass is 15.1. The Morgan fingerprint density at radius 1 is 0.390 bits per heavy atom. The van der Waals surface area contributed by atoms with Crippen molar-refractivity contribution in [3.05, 3.63) is 235 Å². The summed E-state index contributed by atoms with van der Waals surface area (Å²) in [6, 6.07) is 78.4. The molecule has 1 aliphatic carbocycles. The molecule has 0 saturated heterocycles. The van der Waals surface area contributed by atoms with Crippen molar-refractivity contribution in [3.8, 4) is 44.5 Å². The van der Waals surface area contributed by atoms with Crippen LogP contribution in [0, 0.1) is 0 Å². The van der Waals surface area contributed by atoms with Gasteiger partial charge in [0.25, 0.3) is 0 Å². The van der Waals surface area contributed by atoms with E-state index in [0.717, 1.165) is 17.1 Å². The summed E-state index contributed by atoms with van der Waals surface area (Å²) in [4.78, 5) is 2.49. The van der Waals surface area contributed by atoms with E-state index in [2.05, 4.69) is 245 Å². The normalized spacial score (nSPS) is 14.5. The second-order valence-corrected chi connectivity index (χ2v) is 17.0. The third-order valence-corrected chi connectivity index (χ3v) is 12.5. The summed E-state index contributed by atoms with van der Waals surface area (Å²) in [6.45, 7) is 9.25. The molecule has 10 rings (SSSR count). The van der Waals surface area contributed by atoms with Crippen LogP contribution in [-0.2, 0) is 10.8 Å². The molecule has 9 aromatic carbocycles. The van der Waals surface area contributed by atoms with Crippen LogP contribution in [0.25, 0.3) is 55.3 Å². The smallest absolute Gasteiger partial charge is 0.0540 e. The molecule has 0 aliphatic heterocycles. The molecule has 0 bridgehead atoms. The minimum absolute atomic E-state index is 0.0311. The molecule has 284 valence electrons. The highest BCUT2D eigenvalue weighted by Gasteiger charge is 2.41. The zero-order valence-electron chi connectivity index (χ0n) is 34.2. The molecule has 0 aromatic heterocycles. The highest BCUT2D eigenvalue weighted by molar-refractivity contribution is 6.09. The lowest BCUT2D eigenvalue weighted by Gasteiger charge is -2.31. The maximum Gasteiger partial charge on any atom is 0.0540 e. The van der Waals surface area contributed by atoms with Crippen molar-refractivity contribution in [2.24, 2.45) is 0 Å². The topological polar surface area (TPSA) is 3.24 Å². The van der Waals surface area contributed by atoms with Crippen molar-refractivity contribution in [2.45, 2.75) is 38.5 Å². The summed E-state index contributed by atoms with van der Waals surface area (Å²) in [5.41, 5.74) is 18.2.